The molecule has 114 valence electrons. The highest BCUT2D eigenvalue weighted by molar-refractivity contribution is 5.95. The third kappa shape index (κ3) is 3.27. The highest BCUT2D eigenvalue weighted by Gasteiger charge is 2.29. The predicted octanol–water partition coefficient (Wildman–Crippen LogP) is 2.33. The molecule has 1 amide bonds. The second-order valence-corrected chi connectivity index (χ2v) is 6.19. The van der Waals surface area contributed by atoms with Crippen molar-refractivity contribution < 1.29 is 9.53 Å². The topological polar surface area (TPSA) is 64.3 Å². The van der Waals surface area contributed by atoms with Crippen molar-refractivity contribution >= 4 is 11.6 Å². The molecule has 1 aliphatic carbocycles. The Morgan fingerprint density at radius 2 is 2.00 bits per heavy atom. The van der Waals surface area contributed by atoms with Gasteiger partial charge < -0.3 is 15.8 Å². The Morgan fingerprint density at radius 3 is 2.86 bits per heavy atom. The lowest BCUT2D eigenvalue weighted by Crippen LogP contribution is -2.32. The van der Waals surface area contributed by atoms with Gasteiger partial charge in [0.1, 0.15) is 6.10 Å². The summed E-state index contributed by atoms with van der Waals surface area (Å²) in [6.45, 7) is 1.40. The maximum Gasteiger partial charge on any atom is 0.253 e. The van der Waals surface area contributed by atoms with E-state index in [0.717, 1.165) is 25.1 Å². The van der Waals surface area contributed by atoms with Crippen molar-refractivity contribution in [2.45, 2.75) is 38.2 Å². The number of aryl methyl sites for hydroxylation is 1. The zero-order valence-corrected chi connectivity index (χ0v) is 12.4. The largest absolute Gasteiger partial charge is 0.368 e. The van der Waals surface area contributed by atoms with Gasteiger partial charge in [-0.05, 0) is 55.7 Å². The average molecular weight is 288 g/mol. The van der Waals surface area contributed by atoms with Gasteiger partial charge in [0.05, 0.1) is 6.61 Å². The Morgan fingerprint density at radius 1 is 1.19 bits per heavy atom. The SMILES string of the molecule is NCC1CCCC1COC1CCc2ccccc2NC1=O. The second-order valence-electron chi connectivity index (χ2n) is 6.19. The first-order chi connectivity index (χ1) is 10.3. The van der Waals surface area contributed by atoms with E-state index in [4.69, 9.17) is 10.5 Å². The van der Waals surface area contributed by atoms with Gasteiger partial charge in [-0.15, -0.1) is 0 Å². The minimum absolute atomic E-state index is 0.0118. The molecule has 0 spiro atoms. The van der Waals surface area contributed by atoms with Crippen LogP contribution in [0.15, 0.2) is 24.3 Å². The molecule has 2 aliphatic rings. The number of rotatable bonds is 4. The minimum Gasteiger partial charge on any atom is -0.368 e. The fourth-order valence-electron chi connectivity index (χ4n) is 3.53. The summed E-state index contributed by atoms with van der Waals surface area (Å²) in [5, 5.41) is 2.98. The van der Waals surface area contributed by atoms with E-state index in [1.54, 1.807) is 0 Å². The molecule has 3 atom stereocenters. The highest BCUT2D eigenvalue weighted by Crippen LogP contribution is 2.32. The normalized spacial score (nSPS) is 28.8. The number of carbonyl (C=O) groups is 1. The average Bonchev–Trinajstić information content (AvgIpc) is 2.89. The van der Waals surface area contributed by atoms with Crippen LogP contribution < -0.4 is 11.1 Å². The Balaban J connectivity index is 1.58. The molecule has 1 aliphatic heterocycles. The molecule has 1 saturated carbocycles. The number of fused-ring (bicyclic) bond motifs is 1. The first-order valence-corrected chi connectivity index (χ1v) is 7.98. The number of anilines is 1. The van der Waals surface area contributed by atoms with Crippen molar-refractivity contribution in [2.75, 3.05) is 18.5 Å². The molecule has 3 rings (SSSR count). The van der Waals surface area contributed by atoms with Gasteiger partial charge in [0.25, 0.3) is 5.91 Å². The Labute approximate surface area is 126 Å². The van der Waals surface area contributed by atoms with Crippen LogP contribution in [0, 0.1) is 11.8 Å². The van der Waals surface area contributed by atoms with E-state index in [1.807, 2.05) is 18.2 Å². The van der Waals surface area contributed by atoms with E-state index in [1.165, 1.54) is 24.8 Å². The van der Waals surface area contributed by atoms with Crippen molar-refractivity contribution in [2.24, 2.45) is 17.6 Å². The van der Waals surface area contributed by atoms with Crippen LogP contribution in [0.1, 0.15) is 31.2 Å². The van der Waals surface area contributed by atoms with E-state index in [0.29, 0.717) is 18.4 Å². The number of ether oxygens (including phenoxy) is 1. The molecule has 0 aromatic heterocycles. The van der Waals surface area contributed by atoms with E-state index in [-0.39, 0.29) is 12.0 Å². The van der Waals surface area contributed by atoms with Crippen LogP contribution in [0.3, 0.4) is 0 Å². The molecule has 3 N–H and O–H groups in total. The summed E-state index contributed by atoms with van der Waals surface area (Å²) in [6.07, 6.45) is 4.91. The first-order valence-electron chi connectivity index (χ1n) is 7.98. The molecule has 4 heteroatoms. The number of amides is 1. The first kappa shape index (κ1) is 14.5. The van der Waals surface area contributed by atoms with E-state index in [2.05, 4.69) is 11.4 Å². The smallest absolute Gasteiger partial charge is 0.253 e. The van der Waals surface area contributed by atoms with Gasteiger partial charge in [0.2, 0.25) is 0 Å². The molecule has 0 radical (unpaired) electrons. The predicted molar refractivity (Wildman–Crippen MR) is 83.0 cm³/mol. The van der Waals surface area contributed by atoms with Gasteiger partial charge in [-0.3, -0.25) is 4.79 Å². The summed E-state index contributed by atoms with van der Waals surface area (Å²) in [7, 11) is 0. The summed E-state index contributed by atoms with van der Waals surface area (Å²) >= 11 is 0. The third-order valence-electron chi connectivity index (χ3n) is 4.87. The molecular weight excluding hydrogens is 264 g/mol. The van der Waals surface area contributed by atoms with Crippen LogP contribution in [0.5, 0.6) is 0 Å². The molecule has 21 heavy (non-hydrogen) atoms. The lowest BCUT2D eigenvalue weighted by Gasteiger charge is -2.21. The lowest BCUT2D eigenvalue weighted by molar-refractivity contribution is -0.128. The second kappa shape index (κ2) is 6.58. The molecule has 3 unspecified atom stereocenters. The number of nitrogens with two attached hydrogens (primary N) is 1. The number of nitrogens with one attached hydrogen (secondary N) is 1. The third-order valence-corrected chi connectivity index (χ3v) is 4.87. The summed E-state index contributed by atoms with van der Waals surface area (Å²) in [5.74, 6) is 1.08. The number of carbonyl (C=O) groups excluding carboxylic acids is 1. The summed E-state index contributed by atoms with van der Waals surface area (Å²) < 4.78 is 5.95. The zero-order valence-electron chi connectivity index (χ0n) is 12.4. The number of para-hydroxylation sites is 1. The Bertz CT molecular complexity index is 503. The van der Waals surface area contributed by atoms with Gasteiger partial charge in [-0.25, -0.2) is 0 Å². The standard InChI is InChI=1S/C17H24N2O2/c18-10-13-5-3-6-14(13)11-21-16-9-8-12-4-1-2-7-15(12)19-17(16)20/h1-2,4,7,13-14,16H,3,5-6,8-11,18H2,(H,19,20). The van der Waals surface area contributed by atoms with Crippen molar-refractivity contribution in [1.29, 1.82) is 0 Å². The molecular formula is C17H24N2O2. The van der Waals surface area contributed by atoms with Crippen LogP contribution in [0.4, 0.5) is 5.69 Å². The van der Waals surface area contributed by atoms with Gasteiger partial charge in [0, 0.05) is 5.69 Å². The maximum atomic E-state index is 12.3. The van der Waals surface area contributed by atoms with Gasteiger partial charge in [-0.1, -0.05) is 24.6 Å². The van der Waals surface area contributed by atoms with Crippen LogP contribution >= 0.6 is 0 Å². The van der Waals surface area contributed by atoms with Crippen LogP contribution in [-0.2, 0) is 16.0 Å². The highest BCUT2D eigenvalue weighted by atomic mass is 16.5. The molecule has 1 fully saturated rings. The Hall–Kier alpha value is -1.39. The van der Waals surface area contributed by atoms with Crippen LogP contribution in [-0.4, -0.2) is 25.2 Å². The van der Waals surface area contributed by atoms with Crippen LogP contribution in [0.25, 0.3) is 0 Å². The maximum absolute atomic E-state index is 12.3. The minimum atomic E-state index is -0.337. The van der Waals surface area contributed by atoms with Crippen molar-refractivity contribution in [3.05, 3.63) is 29.8 Å². The fourth-order valence-corrected chi connectivity index (χ4v) is 3.53. The fraction of sp³-hybridized carbons (Fsp3) is 0.588. The number of hydrogen-bond acceptors (Lipinski definition) is 3. The van der Waals surface area contributed by atoms with Crippen molar-refractivity contribution in [3.63, 3.8) is 0 Å². The van der Waals surface area contributed by atoms with Crippen molar-refractivity contribution in [3.8, 4) is 0 Å². The van der Waals surface area contributed by atoms with E-state index >= 15 is 0 Å². The van der Waals surface area contributed by atoms with Crippen LogP contribution in [0.2, 0.25) is 0 Å². The monoisotopic (exact) mass is 288 g/mol. The quantitative estimate of drug-likeness (QED) is 0.893. The number of benzene rings is 1. The lowest BCUT2D eigenvalue weighted by atomic mass is 9.97. The van der Waals surface area contributed by atoms with E-state index in [9.17, 15) is 4.79 Å². The Kier molecular flexibility index (Phi) is 4.56. The number of hydrogen-bond donors (Lipinski definition) is 2. The molecule has 1 aromatic rings. The summed E-state index contributed by atoms with van der Waals surface area (Å²) in [6, 6.07) is 7.98. The molecule has 1 aromatic carbocycles. The summed E-state index contributed by atoms with van der Waals surface area (Å²) in [5.41, 5.74) is 7.93. The molecule has 1 heterocycles. The van der Waals surface area contributed by atoms with Gasteiger partial charge in [0.15, 0.2) is 0 Å². The van der Waals surface area contributed by atoms with E-state index < -0.39 is 0 Å². The van der Waals surface area contributed by atoms with Gasteiger partial charge >= 0.3 is 0 Å². The van der Waals surface area contributed by atoms with Crippen molar-refractivity contribution in [1.82, 2.24) is 0 Å². The molecule has 0 bridgehead atoms. The van der Waals surface area contributed by atoms with Gasteiger partial charge in [-0.2, -0.15) is 0 Å². The molecule has 4 nitrogen and oxygen atoms in total. The summed E-state index contributed by atoms with van der Waals surface area (Å²) in [4.78, 5) is 12.3. The molecule has 0 saturated heterocycles. The zero-order chi connectivity index (χ0) is 14.7.